The molecule has 0 radical (unpaired) electrons. The molecule has 0 fully saturated rings. The average molecular weight is 400 g/mol. The molecule has 0 bridgehead atoms. The SMILES string of the molecule is [3H]c1cccc(N(c2ccc(-c3ccccc3)cc2)c2ccc(-c3ccccc3)cc2)c1. The maximum atomic E-state index is 8.12. The van der Waals surface area contributed by atoms with E-state index < -0.39 is 0 Å². The summed E-state index contributed by atoms with van der Waals surface area (Å²) < 4.78 is 8.12. The summed E-state index contributed by atoms with van der Waals surface area (Å²) in [4.78, 5) is 2.20. The Balaban J connectivity index is 1.54. The van der Waals surface area contributed by atoms with Crippen LogP contribution in [0, 0.1) is 0 Å². The van der Waals surface area contributed by atoms with Crippen molar-refractivity contribution in [3.05, 3.63) is 140 Å². The molecule has 31 heavy (non-hydrogen) atoms. The zero-order valence-electron chi connectivity index (χ0n) is 18.1. The highest BCUT2D eigenvalue weighted by Gasteiger charge is 2.12. The lowest BCUT2D eigenvalue weighted by atomic mass is 10.0. The van der Waals surface area contributed by atoms with Crippen molar-refractivity contribution in [3.63, 3.8) is 0 Å². The van der Waals surface area contributed by atoms with Crippen LogP contribution < -0.4 is 4.90 Å². The molecular formula is C30H23N. The Morgan fingerprint density at radius 3 is 1.19 bits per heavy atom. The molecule has 0 heterocycles. The number of nitrogens with zero attached hydrogens (tertiary/aromatic N) is 1. The van der Waals surface area contributed by atoms with Crippen LogP contribution in [0.2, 0.25) is 0 Å². The summed E-state index contributed by atoms with van der Waals surface area (Å²) in [6.45, 7) is 0. The smallest absolute Gasteiger partial charge is 0.0623 e. The predicted molar refractivity (Wildman–Crippen MR) is 132 cm³/mol. The predicted octanol–water partition coefficient (Wildman–Crippen LogP) is 8.49. The van der Waals surface area contributed by atoms with E-state index in [0.717, 1.165) is 17.1 Å². The molecule has 0 saturated heterocycles. The average Bonchev–Trinajstić information content (AvgIpc) is 2.86. The third-order valence-corrected chi connectivity index (χ3v) is 5.41. The molecule has 0 unspecified atom stereocenters. The molecule has 5 aromatic rings. The molecule has 0 aliphatic carbocycles. The summed E-state index contributed by atoms with van der Waals surface area (Å²) in [6.07, 6.45) is 0. The number of benzene rings is 5. The molecule has 0 saturated carbocycles. The topological polar surface area (TPSA) is 3.24 Å². The van der Waals surface area contributed by atoms with Gasteiger partial charge in [0.2, 0.25) is 0 Å². The standard InChI is InChI=1S/C30H23N/c1-4-10-24(11-5-1)26-16-20-29(21-17-26)31(28-14-8-3-9-15-28)30-22-18-27(19-23-30)25-12-6-2-7-13-25/h1-23H/i8T. The van der Waals surface area contributed by atoms with E-state index in [0.29, 0.717) is 6.04 Å². The molecule has 0 atom stereocenters. The minimum atomic E-state index is 0.495. The Morgan fingerprint density at radius 2 is 0.742 bits per heavy atom. The van der Waals surface area contributed by atoms with Crippen molar-refractivity contribution in [1.29, 1.82) is 0 Å². The first-order valence-corrected chi connectivity index (χ1v) is 10.5. The van der Waals surface area contributed by atoms with Crippen molar-refractivity contribution in [2.45, 2.75) is 0 Å². The number of hydrogen-bond donors (Lipinski definition) is 0. The van der Waals surface area contributed by atoms with Crippen LogP contribution >= 0.6 is 0 Å². The number of hydrogen-bond acceptors (Lipinski definition) is 1. The molecule has 5 aromatic carbocycles. The third kappa shape index (κ3) is 4.12. The van der Waals surface area contributed by atoms with Gasteiger partial charge in [-0.05, 0) is 58.7 Å². The number of rotatable bonds is 5. The van der Waals surface area contributed by atoms with E-state index in [2.05, 4.69) is 102 Å². The first kappa shape index (κ1) is 17.7. The maximum absolute atomic E-state index is 8.12. The van der Waals surface area contributed by atoms with Gasteiger partial charge in [0.05, 0.1) is 1.37 Å². The van der Waals surface area contributed by atoms with E-state index in [9.17, 15) is 0 Å². The second-order valence-electron chi connectivity index (χ2n) is 7.42. The number of anilines is 3. The fraction of sp³-hybridized carbons (Fsp3) is 0. The summed E-state index contributed by atoms with van der Waals surface area (Å²) in [5.74, 6) is 0. The van der Waals surface area contributed by atoms with Gasteiger partial charge in [0.15, 0.2) is 0 Å². The van der Waals surface area contributed by atoms with Gasteiger partial charge in [-0.15, -0.1) is 0 Å². The summed E-state index contributed by atoms with van der Waals surface area (Å²) in [5.41, 5.74) is 7.85. The van der Waals surface area contributed by atoms with E-state index in [1.165, 1.54) is 22.3 Å². The Kier molecular flexibility index (Phi) is 4.99. The van der Waals surface area contributed by atoms with Gasteiger partial charge in [-0.2, -0.15) is 0 Å². The van der Waals surface area contributed by atoms with E-state index in [4.69, 9.17) is 1.37 Å². The minimum absolute atomic E-state index is 0.495. The van der Waals surface area contributed by atoms with Crippen molar-refractivity contribution in [2.75, 3.05) is 4.90 Å². The van der Waals surface area contributed by atoms with Crippen LogP contribution in [0.3, 0.4) is 0 Å². The summed E-state index contributed by atoms with van der Waals surface area (Å²) in [6, 6.07) is 46.2. The van der Waals surface area contributed by atoms with Gasteiger partial charge in [-0.1, -0.05) is 103 Å². The Labute approximate surface area is 185 Å². The largest absolute Gasteiger partial charge is 0.311 e. The normalized spacial score (nSPS) is 11.0. The van der Waals surface area contributed by atoms with Gasteiger partial charge in [-0.3, -0.25) is 0 Å². The van der Waals surface area contributed by atoms with Gasteiger partial charge in [0.25, 0.3) is 0 Å². The fourth-order valence-electron chi connectivity index (χ4n) is 3.84. The molecule has 148 valence electrons. The van der Waals surface area contributed by atoms with Crippen molar-refractivity contribution in [2.24, 2.45) is 0 Å². The van der Waals surface area contributed by atoms with Gasteiger partial charge in [-0.25, -0.2) is 0 Å². The van der Waals surface area contributed by atoms with Crippen LogP contribution in [0.25, 0.3) is 22.3 Å². The monoisotopic (exact) mass is 399 g/mol. The highest BCUT2D eigenvalue weighted by Crippen LogP contribution is 2.36. The molecule has 0 spiro atoms. The van der Waals surface area contributed by atoms with Gasteiger partial charge in [0, 0.05) is 17.1 Å². The van der Waals surface area contributed by atoms with E-state index in [-0.39, 0.29) is 0 Å². The van der Waals surface area contributed by atoms with Crippen LogP contribution in [0.5, 0.6) is 0 Å². The van der Waals surface area contributed by atoms with Gasteiger partial charge < -0.3 is 4.90 Å². The lowest BCUT2D eigenvalue weighted by molar-refractivity contribution is 1.28. The molecule has 1 heteroatoms. The number of para-hydroxylation sites is 1. The second-order valence-corrected chi connectivity index (χ2v) is 7.42. The third-order valence-electron chi connectivity index (χ3n) is 5.41. The van der Waals surface area contributed by atoms with Crippen LogP contribution in [0.15, 0.2) is 140 Å². The Morgan fingerprint density at radius 1 is 0.355 bits per heavy atom. The molecule has 1 nitrogen and oxygen atoms in total. The summed E-state index contributed by atoms with van der Waals surface area (Å²) >= 11 is 0. The van der Waals surface area contributed by atoms with E-state index >= 15 is 0 Å². The summed E-state index contributed by atoms with van der Waals surface area (Å²) in [5, 5.41) is 0. The van der Waals surface area contributed by atoms with Crippen molar-refractivity contribution in [3.8, 4) is 22.3 Å². The molecule has 0 aliphatic rings. The van der Waals surface area contributed by atoms with Gasteiger partial charge >= 0.3 is 0 Å². The quantitative estimate of drug-likeness (QED) is 0.286. The Bertz CT molecular complexity index is 1210. The molecule has 0 aromatic heterocycles. The lowest BCUT2D eigenvalue weighted by Crippen LogP contribution is -2.09. The molecule has 5 rings (SSSR count). The van der Waals surface area contributed by atoms with Crippen molar-refractivity contribution < 1.29 is 1.37 Å². The highest BCUT2D eigenvalue weighted by atomic mass is 15.1. The maximum Gasteiger partial charge on any atom is 0.0623 e. The fourth-order valence-corrected chi connectivity index (χ4v) is 3.84. The van der Waals surface area contributed by atoms with Crippen LogP contribution in [-0.4, -0.2) is 0 Å². The zero-order valence-corrected chi connectivity index (χ0v) is 17.1. The zero-order chi connectivity index (χ0) is 21.8. The van der Waals surface area contributed by atoms with Crippen LogP contribution in [0.1, 0.15) is 1.37 Å². The molecular weight excluding hydrogens is 374 g/mol. The van der Waals surface area contributed by atoms with Crippen molar-refractivity contribution >= 4 is 17.1 Å². The molecule has 0 amide bonds. The van der Waals surface area contributed by atoms with Crippen molar-refractivity contribution in [1.82, 2.24) is 0 Å². The first-order valence-electron chi connectivity index (χ1n) is 11.0. The second kappa shape index (κ2) is 8.73. The lowest BCUT2D eigenvalue weighted by Gasteiger charge is -2.26. The Hall–Kier alpha value is -4.10. The summed E-state index contributed by atoms with van der Waals surface area (Å²) in [7, 11) is 0. The van der Waals surface area contributed by atoms with Crippen LogP contribution in [0.4, 0.5) is 17.1 Å². The minimum Gasteiger partial charge on any atom is -0.311 e. The highest BCUT2D eigenvalue weighted by molar-refractivity contribution is 5.79. The molecule has 0 aliphatic heterocycles. The van der Waals surface area contributed by atoms with E-state index in [1.807, 2.05) is 30.3 Å². The first-order chi connectivity index (χ1) is 15.8. The van der Waals surface area contributed by atoms with Crippen LogP contribution in [-0.2, 0) is 0 Å². The van der Waals surface area contributed by atoms with E-state index in [1.54, 1.807) is 6.07 Å². The molecule has 0 N–H and O–H groups in total. The van der Waals surface area contributed by atoms with Gasteiger partial charge in [0.1, 0.15) is 0 Å².